The second kappa shape index (κ2) is 4.26. The summed E-state index contributed by atoms with van der Waals surface area (Å²) in [6.45, 7) is 7.21. The third-order valence-corrected chi connectivity index (χ3v) is 2.60. The second-order valence-electron chi connectivity index (χ2n) is 5.13. The van der Waals surface area contributed by atoms with E-state index in [4.69, 9.17) is 0 Å². The van der Waals surface area contributed by atoms with Crippen LogP contribution in [0.15, 0.2) is 42.5 Å². The Hall–Kier alpha value is -1.34. The molecule has 83 valence electrons. The lowest BCUT2D eigenvalue weighted by Gasteiger charge is -2.18. The minimum absolute atomic E-state index is 0.0386. The molecule has 1 nitrogen and oxygen atoms in total. The van der Waals surface area contributed by atoms with Crippen LogP contribution in [0.5, 0.6) is 0 Å². The highest BCUT2D eigenvalue weighted by Gasteiger charge is 2.11. The quantitative estimate of drug-likeness (QED) is 0.720. The van der Waals surface area contributed by atoms with Crippen LogP contribution >= 0.6 is 0 Å². The van der Waals surface area contributed by atoms with Gasteiger partial charge < -0.3 is 0 Å². The zero-order valence-electron chi connectivity index (χ0n) is 10.2. The molecule has 2 rings (SSSR count). The van der Waals surface area contributed by atoms with Crippen molar-refractivity contribution in [1.29, 1.82) is 0 Å². The first-order valence-corrected chi connectivity index (χ1v) is 5.71. The molecule has 0 saturated carbocycles. The van der Waals surface area contributed by atoms with Crippen LogP contribution in [0, 0.1) is 0 Å². The zero-order valence-corrected chi connectivity index (χ0v) is 10.2. The average molecular weight is 212 g/mol. The number of fused-ring (bicyclic) bond motifs is 1. The average Bonchev–Trinajstić information content (AvgIpc) is 2.25. The van der Waals surface area contributed by atoms with Gasteiger partial charge in [0, 0.05) is 12.1 Å². The van der Waals surface area contributed by atoms with Crippen molar-refractivity contribution in [3.05, 3.63) is 48.0 Å². The molecule has 0 saturated heterocycles. The molecule has 1 radical (unpaired) electrons. The first kappa shape index (κ1) is 11.2. The fraction of sp³-hybridized carbons (Fsp3) is 0.333. The van der Waals surface area contributed by atoms with E-state index in [0.29, 0.717) is 0 Å². The number of rotatable bonds is 2. The van der Waals surface area contributed by atoms with E-state index in [1.165, 1.54) is 16.3 Å². The van der Waals surface area contributed by atoms with Gasteiger partial charge in [-0.15, -0.1) is 0 Å². The topological polar surface area (TPSA) is 14.1 Å². The molecule has 0 N–H and O–H groups in total. The summed E-state index contributed by atoms with van der Waals surface area (Å²) in [5.41, 5.74) is 1.35. The van der Waals surface area contributed by atoms with Crippen LogP contribution in [-0.2, 0) is 6.54 Å². The van der Waals surface area contributed by atoms with E-state index in [-0.39, 0.29) is 5.54 Å². The van der Waals surface area contributed by atoms with Gasteiger partial charge in [-0.2, -0.15) is 0 Å². The fourth-order valence-corrected chi connectivity index (χ4v) is 1.75. The molecule has 0 unspecified atom stereocenters. The number of nitrogens with zero attached hydrogens (tertiary/aromatic N) is 1. The first-order valence-electron chi connectivity index (χ1n) is 5.71. The van der Waals surface area contributed by atoms with Crippen LogP contribution in [0.25, 0.3) is 10.8 Å². The minimum Gasteiger partial charge on any atom is -0.231 e. The molecule has 0 bridgehead atoms. The van der Waals surface area contributed by atoms with Crippen molar-refractivity contribution in [3.63, 3.8) is 0 Å². The van der Waals surface area contributed by atoms with E-state index in [1.807, 2.05) is 0 Å². The highest BCUT2D eigenvalue weighted by Crippen LogP contribution is 2.19. The van der Waals surface area contributed by atoms with Crippen molar-refractivity contribution in [1.82, 2.24) is 5.32 Å². The summed E-state index contributed by atoms with van der Waals surface area (Å²) < 4.78 is 0. The molecule has 0 atom stereocenters. The lowest BCUT2D eigenvalue weighted by atomic mass is 10.0. The Balaban J connectivity index is 2.30. The normalized spacial score (nSPS) is 11.9. The second-order valence-corrected chi connectivity index (χ2v) is 5.13. The largest absolute Gasteiger partial charge is 0.231 e. The zero-order chi connectivity index (χ0) is 11.6. The molecule has 0 aliphatic rings. The lowest BCUT2D eigenvalue weighted by molar-refractivity contribution is 0.414. The summed E-state index contributed by atoms with van der Waals surface area (Å²) in [5, 5.41) is 7.29. The third-order valence-electron chi connectivity index (χ3n) is 2.60. The lowest BCUT2D eigenvalue weighted by Crippen LogP contribution is -2.28. The summed E-state index contributed by atoms with van der Waals surface area (Å²) in [5.74, 6) is 0. The van der Waals surface area contributed by atoms with Crippen molar-refractivity contribution >= 4 is 10.8 Å². The van der Waals surface area contributed by atoms with Crippen LogP contribution in [-0.4, -0.2) is 5.54 Å². The molecule has 0 aliphatic carbocycles. The van der Waals surface area contributed by atoms with Crippen molar-refractivity contribution in [2.45, 2.75) is 32.9 Å². The maximum atomic E-state index is 4.68. The summed E-state index contributed by atoms with van der Waals surface area (Å²) in [6, 6.07) is 14.9. The van der Waals surface area contributed by atoms with E-state index in [2.05, 4.69) is 68.6 Å². The SMILES string of the molecule is CC(C)(C)[N]Cc1cccc2ccccc12. The maximum absolute atomic E-state index is 4.68. The minimum atomic E-state index is 0.0386. The summed E-state index contributed by atoms with van der Waals surface area (Å²) >= 11 is 0. The predicted octanol–water partition coefficient (Wildman–Crippen LogP) is 3.74. The Bertz CT molecular complexity index is 475. The summed E-state index contributed by atoms with van der Waals surface area (Å²) in [4.78, 5) is 0. The monoisotopic (exact) mass is 212 g/mol. The summed E-state index contributed by atoms with van der Waals surface area (Å²) in [6.07, 6.45) is 0. The van der Waals surface area contributed by atoms with Gasteiger partial charge in [-0.25, -0.2) is 5.32 Å². The van der Waals surface area contributed by atoms with Gasteiger partial charge in [-0.05, 0) is 37.1 Å². The molecule has 0 aromatic heterocycles. The van der Waals surface area contributed by atoms with Gasteiger partial charge in [0.25, 0.3) is 0 Å². The van der Waals surface area contributed by atoms with E-state index >= 15 is 0 Å². The van der Waals surface area contributed by atoms with Gasteiger partial charge in [0.2, 0.25) is 0 Å². The molecular formula is C15H18N. The van der Waals surface area contributed by atoms with Crippen LogP contribution in [0.1, 0.15) is 26.3 Å². The van der Waals surface area contributed by atoms with Gasteiger partial charge in [0.1, 0.15) is 0 Å². The Kier molecular flexibility index (Phi) is 2.97. The Labute approximate surface area is 97.5 Å². The van der Waals surface area contributed by atoms with Crippen molar-refractivity contribution in [2.75, 3.05) is 0 Å². The molecule has 0 fully saturated rings. The molecule has 2 aromatic rings. The van der Waals surface area contributed by atoms with Crippen LogP contribution in [0.2, 0.25) is 0 Å². The Morgan fingerprint density at radius 2 is 1.62 bits per heavy atom. The van der Waals surface area contributed by atoms with E-state index in [1.54, 1.807) is 0 Å². The van der Waals surface area contributed by atoms with Gasteiger partial charge in [-0.1, -0.05) is 42.5 Å². The van der Waals surface area contributed by atoms with E-state index in [0.717, 1.165) is 6.54 Å². The highest BCUT2D eigenvalue weighted by molar-refractivity contribution is 5.85. The molecule has 0 amide bonds. The van der Waals surface area contributed by atoms with E-state index < -0.39 is 0 Å². The number of hydrogen-bond acceptors (Lipinski definition) is 0. The molecule has 0 spiro atoms. The van der Waals surface area contributed by atoms with Crippen molar-refractivity contribution in [2.24, 2.45) is 0 Å². The molecule has 16 heavy (non-hydrogen) atoms. The smallest absolute Gasteiger partial charge is 0.0396 e. The van der Waals surface area contributed by atoms with Gasteiger partial charge in [0.15, 0.2) is 0 Å². The summed E-state index contributed by atoms with van der Waals surface area (Å²) in [7, 11) is 0. The highest BCUT2D eigenvalue weighted by atomic mass is 14.9. The van der Waals surface area contributed by atoms with E-state index in [9.17, 15) is 0 Å². The molecule has 1 heteroatoms. The third kappa shape index (κ3) is 2.61. The van der Waals surface area contributed by atoms with Gasteiger partial charge >= 0.3 is 0 Å². The number of benzene rings is 2. The Morgan fingerprint density at radius 3 is 2.38 bits per heavy atom. The first-order chi connectivity index (χ1) is 7.56. The molecule has 0 aliphatic heterocycles. The predicted molar refractivity (Wildman–Crippen MR) is 69.5 cm³/mol. The number of hydrogen-bond donors (Lipinski definition) is 0. The van der Waals surface area contributed by atoms with Gasteiger partial charge in [-0.3, -0.25) is 0 Å². The molecule has 2 aromatic carbocycles. The van der Waals surface area contributed by atoms with Gasteiger partial charge in [0.05, 0.1) is 0 Å². The van der Waals surface area contributed by atoms with Crippen molar-refractivity contribution in [3.8, 4) is 0 Å². The molecule has 0 heterocycles. The maximum Gasteiger partial charge on any atom is 0.0396 e. The fourth-order valence-electron chi connectivity index (χ4n) is 1.75. The Morgan fingerprint density at radius 1 is 0.938 bits per heavy atom. The van der Waals surface area contributed by atoms with Crippen LogP contribution in [0.4, 0.5) is 0 Å². The van der Waals surface area contributed by atoms with Crippen LogP contribution in [0.3, 0.4) is 0 Å². The van der Waals surface area contributed by atoms with Crippen molar-refractivity contribution < 1.29 is 0 Å². The standard InChI is InChI=1S/C15H18N/c1-15(2,3)16-11-13-9-6-8-12-7-4-5-10-14(12)13/h4-10H,11H2,1-3H3. The van der Waals surface area contributed by atoms with Crippen LogP contribution < -0.4 is 5.32 Å². The molecular weight excluding hydrogens is 194 g/mol.